The van der Waals surface area contributed by atoms with Gasteiger partial charge in [-0.25, -0.2) is 0 Å². The monoisotopic (exact) mass is 295 g/mol. The molecule has 0 heterocycles. The zero-order valence-electron chi connectivity index (χ0n) is 15.2. The van der Waals surface area contributed by atoms with Crippen molar-refractivity contribution in [2.45, 2.75) is 117 Å². The average molecular weight is 296 g/mol. The Morgan fingerprint density at radius 2 is 1.43 bits per heavy atom. The van der Waals surface area contributed by atoms with Gasteiger partial charge < -0.3 is 5.32 Å². The molecule has 1 saturated carbocycles. The Kier molecular flexibility index (Phi) is 10.4. The molecule has 1 aliphatic carbocycles. The van der Waals surface area contributed by atoms with E-state index in [-0.39, 0.29) is 0 Å². The Hall–Kier alpha value is -0.0400. The lowest BCUT2D eigenvalue weighted by Gasteiger charge is -2.35. The first-order valence-corrected chi connectivity index (χ1v) is 9.87. The molecular formula is C20H41N. The summed E-state index contributed by atoms with van der Waals surface area (Å²) in [6, 6.07) is 0.798. The van der Waals surface area contributed by atoms with Crippen molar-refractivity contribution in [1.29, 1.82) is 0 Å². The van der Waals surface area contributed by atoms with E-state index in [0.717, 1.165) is 6.04 Å². The molecule has 1 nitrogen and oxygen atoms in total. The third kappa shape index (κ3) is 10.3. The Bertz CT molecular complexity index is 234. The summed E-state index contributed by atoms with van der Waals surface area (Å²) < 4.78 is 0. The number of nitrogens with one attached hydrogen (secondary N) is 1. The van der Waals surface area contributed by atoms with Gasteiger partial charge in [-0.15, -0.1) is 0 Å². The van der Waals surface area contributed by atoms with Gasteiger partial charge in [-0.05, 0) is 37.6 Å². The number of rotatable bonds is 12. The molecule has 0 aromatic carbocycles. The number of hydrogen-bond acceptors (Lipinski definition) is 1. The van der Waals surface area contributed by atoms with Crippen LogP contribution in [-0.4, -0.2) is 12.6 Å². The number of hydrogen-bond donors (Lipinski definition) is 1. The minimum atomic E-state index is 0.577. The molecule has 0 saturated heterocycles. The van der Waals surface area contributed by atoms with Crippen LogP contribution in [0, 0.1) is 5.41 Å². The largest absolute Gasteiger partial charge is 0.314 e. The lowest BCUT2D eigenvalue weighted by molar-refractivity contribution is 0.198. The Morgan fingerprint density at radius 3 is 2.00 bits per heavy atom. The quantitative estimate of drug-likeness (QED) is 0.407. The lowest BCUT2D eigenvalue weighted by Crippen LogP contribution is -2.37. The van der Waals surface area contributed by atoms with E-state index < -0.39 is 0 Å². The molecule has 0 aliphatic heterocycles. The summed E-state index contributed by atoms with van der Waals surface area (Å²) >= 11 is 0. The normalized spacial score (nSPS) is 21.6. The van der Waals surface area contributed by atoms with Gasteiger partial charge in [0.25, 0.3) is 0 Å². The van der Waals surface area contributed by atoms with E-state index >= 15 is 0 Å². The van der Waals surface area contributed by atoms with Gasteiger partial charge in [0.2, 0.25) is 0 Å². The van der Waals surface area contributed by atoms with Crippen molar-refractivity contribution in [1.82, 2.24) is 5.32 Å². The highest BCUT2D eigenvalue weighted by Gasteiger charge is 2.27. The van der Waals surface area contributed by atoms with Crippen LogP contribution in [0.4, 0.5) is 0 Å². The first-order valence-electron chi connectivity index (χ1n) is 9.87. The molecule has 1 unspecified atom stereocenters. The second kappa shape index (κ2) is 11.5. The zero-order valence-corrected chi connectivity index (χ0v) is 15.2. The van der Waals surface area contributed by atoms with Crippen LogP contribution < -0.4 is 5.32 Å². The van der Waals surface area contributed by atoms with E-state index in [1.165, 1.54) is 96.4 Å². The average Bonchev–Trinajstić information content (AvgIpc) is 2.44. The van der Waals surface area contributed by atoms with E-state index in [1.807, 2.05) is 0 Å². The van der Waals surface area contributed by atoms with Crippen LogP contribution in [0.15, 0.2) is 0 Å². The molecule has 0 bridgehead atoms. The third-order valence-electron chi connectivity index (χ3n) is 5.17. The highest BCUT2D eigenvalue weighted by Crippen LogP contribution is 2.35. The van der Waals surface area contributed by atoms with Crippen LogP contribution in [-0.2, 0) is 0 Å². The van der Waals surface area contributed by atoms with Gasteiger partial charge in [-0.1, -0.05) is 85.0 Å². The fraction of sp³-hybridized carbons (Fsp3) is 1.00. The van der Waals surface area contributed by atoms with Crippen molar-refractivity contribution in [3.05, 3.63) is 0 Å². The lowest BCUT2D eigenvalue weighted by atomic mass is 9.75. The summed E-state index contributed by atoms with van der Waals surface area (Å²) in [5, 5.41) is 3.80. The van der Waals surface area contributed by atoms with E-state index in [9.17, 15) is 0 Å². The highest BCUT2D eigenvalue weighted by molar-refractivity contribution is 4.83. The highest BCUT2D eigenvalue weighted by atomic mass is 14.9. The van der Waals surface area contributed by atoms with Crippen LogP contribution in [0.2, 0.25) is 0 Å². The minimum Gasteiger partial charge on any atom is -0.314 e. The fourth-order valence-corrected chi connectivity index (χ4v) is 3.79. The molecule has 0 amide bonds. The maximum atomic E-state index is 3.80. The second-order valence-electron chi connectivity index (χ2n) is 8.09. The van der Waals surface area contributed by atoms with Gasteiger partial charge in [0.1, 0.15) is 0 Å². The summed E-state index contributed by atoms with van der Waals surface area (Å²) in [5.74, 6) is 0. The molecule has 0 spiro atoms. The van der Waals surface area contributed by atoms with Crippen molar-refractivity contribution in [2.24, 2.45) is 5.41 Å². The second-order valence-corrected chi connectivity index (χ2v) is 8.09. The maximum Gasteiger partial charge on any atom is 0.00721 e. The predicted molar refractivity (Wildman–Crippen MR) is 95.9 cm³/mol. The van der Waals surface area contributed by atoms with Gasteiger partial charge in [-0.3, -0.25) is 0 Å². The predicted octanol–water partition coefficient (Wildman–Crippen LogP) is 6.47. The molecular weight excluding hydrogens is 254 g/mol. The van der Waals surface area contributed by atoms with Crippen molar-refractivity contribution in [2.75, 3.05) is 6.54 Å². The summed E-state index contributed by atoms with van der Waals surface area (Å²) in [7, 11) is 0. The van der Waals surface area contributed by atoms with Crippen molar-refractivity contribution in [3.63, 3.8) is 0 Å². The smallest absolute Gasteiger partial charge is 0.00721 e. The van der Waals surface area contributed by atoms with E-state index in [1.54, 1.807) is 0 Å². The molecule has 1 atom stereocenters. The van der Waals surface area contributed by atoms with E-state index in [4.69, 9.17) is 0 Å². The molecule has 1 aliphatic rings. The minimum absolute atomic E-state index is 0.577. The standard InChI is InChI=1S/C20H41N/c1-4-5-6-7-8-9-10-11-12-13-17-21-19-15-14-16-20(2,3)18-19/h19,21H,4-18H2,1-3H3. The summed E-state index contributed by atoms with van der Waals surface area (Å²) in [5.41, 5.74) is 0.577. The third-order valence-corrected chi connectivity index (χ3v) is 5.17. The number of unbranched alkanes of at least 4 members (excludes halogenated alkanes) is 9. The summed E-state index contributed by atoms with van der Waals surface area (Å²) in [6.07, 6.45) is 20.0. The zero-order chi connectivity index (χ0) is 15.4. The Morgan fingerprint density at radius 1 is 0.857 bits per heavy atom. The van der Waals surface area contributed by atoms with Crippen LogP contribution in [0.3, 0.4) is 0 Å². The van der Waals surface area contributed by atoms with Crippen LogP contribution in [0.1, 0.15) is 111 Å². The van der Waals surface area contributed by atoms with Gasteiger partial charge in [-0.2, -0.15) is 0 Å². The molecule has 1 rings (SSSR count). The van der Waals surface area contributed by atoms with E-state index in [2.05, 4.69) is 26.1 Å². The summed E-state index contributed by atoms with van der Waals surface area (Å²) in [6.45, 7) is 8.41. The molecule has 0 aromatic heterocycles. The Balaban J connectivity index is 1.82. The molecule has 0 aromatic rings. The van der Waals surface area contributed by atoms with Gasteiger partial charge in [0.05, 0.1) is 0 Å². The van der Waals surface area contributed by atoms with E-state index in [0.29, 0.717) is 5.41 Å². The molecule has 1 fully saturated rings. The molecule has 1 N–H and O–H groups in total. The van der Waals surface area contributed by atoms with Crippen LogP contribution >= 0.6 is 0 Å². The molecule has 126 valence electrons. The first-order chi connectivity index (χ1) is 10.1. The summed E-state index contributed by atoms with van der Waals surface area (Å²) in [4.78, 5) is 0. The van der Waals surface area contributed by atoms with Gasteiger partial charge >= 0.3 is 0 Å². The SMILES string of the molecule is CCCCCCCCCCCCNC1CCCC(C)(C)C1. The van der Waals surface area contributed by atoms with Crippen molar-refractivity contribution >= 4 is 0 Å². The van der Waals surface area contributed by atoms with Crippen LogP contribution in [0.25, 0.3) is 0 Å². The molecule has 21 heavy (non-hydrogen) atoms. The fourth-order valence-electron chi connectivity index (χ4n) is 3.79. The van der Waals surface area contributed by atoms with Gasteiger partial charge in [0.15, 0.2) is 0 Å². The van der Waals surface area contributed by atoms with Crippen LogP contribution in [0.5, 0.6) is 0 Å². The Labute approximate surface area is 134 Å². The molecule has 1 heteroatoms. The topological polar surface area (TPSA) is 12.0 Å². The van der Waals surface area contributed by atoms with Gasteiger partial charge in [0, 0.05) is 6.04 Å². The maximum absolute atomic E-state index is 3.80. The van der Waals surface area contributed by atoms with Crippen molar-refractivity contribution in [3.8, 4) is 0 Å². The van der Waals surface area contributed by atoms with Crippen molar-refractivity contribution < 1.29 is 0 Å². The molecule has 0 radical (unpaired) electrons. The first kappa shape index (κ1) is 19.0.